The largest absolute Gasteiger partial charge is 0.507 e. The third-order valence-corrected chi connectivity index (χ3v) is 6.27. The molecule has 0 aliphatic carbocycles. The van der Waals surface area contributed by atoms with Gasteiger partial charge in [-0.05, 0) is 66.2 Å². The van der Waals surface area contributed by atoms with Gasteiger partial charge in [-0.1, -0.05) is 6.07 Å². The number of benzene rings is 1. The smallest absolute Gasteiger partial charge is 0.295 e. The molecule has 0 spiro atoms. The van der Waals surface area contributed by atoms with Crippen LogP contribution in [0.1, 0.15) is 33.2 Å². The Morgan fingerprint density at radius 2 is 2.00 bits per heavy atom. The van der Waals surface area contributed by atoms with E-state index in [1.165, 1.54) is 34.4 Å². The van der Waals surface area contributed by atoms with Gasteiger partial charge in [-0.15, -0.1) is 11.3 Å². The van der Waals surface area contributed by atoms with Gasteiger partial charge in [-0.25, -0.2) is 4.39 Å². The van der Waals surface area contributed by atoms with Crippen LogP contribution in [-0.2, 0) is 16.1 Å². The zero-order valence-electron chi connectivity index (χ0n) is 16.4. The second-order valence-electron chi connectivity index (χ2n) is 7.22. The number of rotatable bonds is 4. The van der Waals surface area contributed by atoms with E-state index in [1.54, 1.807) is 25.4 Å². The zero-order valence-corrected chi connectivity index (χ0v) is 17.2. The van der Waals surface area contributed by atoms with Gasteiger partial charge in [0.05, 0.1) is 5.57 Å². The van der Waals surface area contributed by atoms with E-state index in [2.05, 4.69) is 4.98 Å². The van der Waals surface area contributed by atoms with E-state index >= 15 is 0 Å². The summed E-state index contributed by atoms with van der Waals surface area (Å²) in [6.45, 7) is 3.66. The first-order valence-corrected chi connectivity index (χ1v) is 10.2. The summed E-state index contributed by atoms with van der Waals surface area (Å²) in [7, 11) is 0. The number of thiophene rings is 1. The number of Topliss-reactive ketones (excluding diaryl/α,β-unsaturated/α-hetero) is 1. The van der Waals surface area contributed by atoms with E-state index in [1.807, 2.05) is 24.4 Å². The fraction of sp³-hybridized carbons (Fsp3) is 0.174. The third kappa shape index (κ3) is 3.41. The minimum atomic E-state index is -0.754. The summed E-state index contributed by atoms with van der Waals surface area (Å²) in [4.78, 5) is 32.3. The first-order chi connectivity index (χ1) is 14.4. The molecule has 7 heteroatoms. The average molecular weight is 422 g/mol. The summed E-state index contributed by atoms with van der Waals surface area (Å²) >= 11 is 1.42. The molecule has 0 bridgehead atoms. The highest BCUT2D eigenvalue weighted by molar-refractivity contribution is 7.10. The summed E-state index contributed by atoms with van der Waals surface area (Å²) in [5.74, 6) is -2.15. The van der Waals surface area contributed by atoms with E-state index in [-0.39, 0.29) is 17.9 Å². The normalized spacial score (nSPS) is 18.2. The molecule has 30 heavy (non-hydrogen) atoms. The molecule has 0 saturated carbocycles. The van der Waals surface area contributed by atoms with Crippen LogP contribution in [0.25, 0.3) is 5.76 Å². The molecule has 1 aliphatic rings. The van der Waals surface area contributed by atoms with Crippen molar-refractivity contribution in [2.24, 2.45) is 0 Å². The lowest BCUT2D eigenvalue weighted by Gasteiger charge is -2.25. The number of aliphatic hydroxyl groups is 1. The van der Waals surface area contributed by atoms with Crippen LogP contribution in [0.5, 0.6) is 0 Å². The maximum Gasteiger partial charge on any atom is 0.295 e. The molecular weight excluding hydrogens is 403 g/mol. The number of likely N-dealkylation sites (tertiary alicyclic amines) is 1. The molecule has 4 rings (SSSR count). The minimum absolute atomic E-state index is 0.0143. The molecule has 1 fully saturated rings. The van der Waals surface area contributed by atoms with Gasteiger partial charge in [0.1, 0.15) is 17.6 Å². The molecule has 1 aliphatic heterocycles. The van der Waals surface area contributed by atoms with E-state index in [9.17, 15) is 19.1 Å². The minimum Gasteiger partial charge on any atom is -0.507 e. The summed E-state index contributed by atoms with van der Waals surface area (Å²) in [5.41, 5.74) is 2.35. The lowest BCUT2D eigenvalue weighted by Crippen LogP contribution is -2.29. The molecule has 152 valence electrons. The molecular formula is C23H19FN2O3S. The summed E-state index contributed by atoms with van der Waals surface area (Å²) < 4.78 is 13.7. The molecule has 2 aromatic heterocycles. The van der Waals surface area contributed by atoms with Crippen molar-refractivity contribution < 1.29 is 19.1 Å². The van der Waals surface area contributed by atoms with Crippen molar-refractivity contribution in [3.05, 3.63) is 92.7 Å². The van der Waals surface area contributed by atoms with E-state index < -0.39 is 23.5 Å². The van der Waals surface area contributed by atoms with Crippen molar-refractivity contribution in [3.8, 4) is 0 Å². The quantitative estimate of drug-likeness (QED) is 0.381. The van der Waals surface area contributed by atoms with Gasteiger partial charge in [-0.3, -0.25) is 14.6 Å². The number of hydrogen-bond donors (Lipinski definition) is 1. The highest BCUT2D eigenvalue weighted by Gasteiger charge is 2.47. The van der Waals surface area contributed by atoms with E-state index in [4.69, 9.17) is 0 Å². The molecule has 1 amide bonds. The van der Waals surface area contributed by atoms with Gasteiger partial charge < -0.3 is 10.0 Å². The molecule has 5 nitrogen and oxygen atoms in total. The van der Waals surface area contributed by atoms with Crippen LogP contribution in [0.4, 0.5) is 4.39 Å². The molecule has 1 atom stereocenters. The SMILES string of the molecule is Cc1cc(/C(O)=C2/C(=O)C(=O)N(Cc3cccnc3)C2c2sccc2C)ccc1F. The van der Waals surface area contributed by atoms with E-state index in [0.717, 1.165) is 16.0 Å². The van der Waals surface area contributed by atoms with Crippen molar-refractivity contribution in [2.45, 2.75) is 26.4 Å². The summed E-state index contributed by atoms with van der Waals surface area (Å²) in [6, 6.07) is 8.89. The molecule has 1 unspecified atom stereocenters. The fourth-order valence-electron chi connectivity index (χ4n) is 3.62. The van der Waals surface area contributed by atoms with Gasteiger partial charge >= 0.3 is 0 Å². The number of halogens is 1. The van der Waals surface area contributed by atoms with Crippen LogP contribution < -0.4 is 0 Å². The van der Waals surface area contributed by atoms with Crippen LogP contribution >= 0.6 is 11.3 Å². The average Bonchev–Trinajstić information content (AvgIpc) is 3.26. The molecule has 0 radical (unpaired) electrons. The second-order valence-corrected chi connectivity index (χ2v) is 8.17. The number of nitrogens with zero attached hydrogens (tertiary/aromatic N) is 2. The second kappa shape index (κ2) is 7.84. The standard InChI is InChI=1S/C23H19FN2O3S/c1-13-7-9-30-22(13)19-18(20(27)16-5-6-17(24)14(2)10-16)21(28)23(29)26(19)12-15-4-3-8-25-11-15/h3-11,19,27H,12H2,1-2H3/b20-18-. The first kappa shape index (κ1) is 20.0. The lowest BCUT2D eigenvalue weighted by atomic mass is 9.97. The molecule has 3 heterocycles. The molecule has 1 N–H and O–H groups in total. The summed E-state index contributed by atoms with van der Waals surface area (Å²) in [5, 5.41) is 12.9. The Hall–Kier alpha value is -3.32. The number of carbonyl (C=O) groups excluding carboxylic acids is 2. The maximum atomic E-state index is 13.7. The fourth-order valence-corrected chi connectivity index (χ4v) is 4.66. The van der Waals surface area contributed by atoms with Crippen LogP contribution in [0.2, 0.25) is 0 Å². The van der Waals surface area contributed by atoms with Crippen molar-refractivity contribution in [2.75, 3.05) is 0 Å². The predicted octanol–water partition coefficient (Wildman–Crippen LogP) is 4.52. The monoisotopic (exact) mass is 422 g/mol. The summed E-state index contributed by atoms with van der Waals surface area (Å²) in [6.07, 6.45) is 3.27. The van der Waals surface area contributed by atoms with Crippen LogP contribution in [0, 0.1) is 19.7 Å². The number of ketones is 1. The predicted molar refractivity (Wildman–Crippen MR) is 112 cm³/mol. The number of aromatic nitrogens is 1. The van der Waals surface area contributed by atoms with Gasteiger partial charge in [-0.2, -0.15) is 0 Å². The van der Waals surface area contributed by atoms with Gasteiger partial charge in [0, 0.05) is 29.4 Å². The molecule has 1 aromatic carbocycles. The Balaban J connectivity index is 1.87. The number of pyridine rings is 1. The van der Waals surface area contributed by atoms with Crippen molar-refractivity contribution in [3.63, 3.8) is 0 Å². The number of hydrogen-bond acceptors (Lipinski definition) is 5. The topological polar surface area (TPSA) is 70.5 Å². The van der Waals surface area contributed by atoms with Crippen LogP contribution in [0.15, 0.2) is 59.7 Å². The Morgan fingerprint density at radius 1 is 1.20 bits per heavy atom. The van der Waals surface area contributed by atoms with Gasteiger partial charge in [0.2, 0.25) is 0 Å². The van der Waals surface area contributed by atoms with Crippen molar-refractivity contribution in [1.29, 1.82) is 0 Å². The molecule has 3 aromatic rings. The van der Waals surface area contributed by atoms with Crippen LogP contribution in [-0.4, -0.2) is 26.7 Å². The van der Waals surface area contributed by atoms with Crippen LogP contribution in [0.3, 0.4) is 0 Å². The Morgan fingerprint density at radius 3 is 2.63 bits per heavy atom. The number of aryl methyl sites for hydroxylation is 2. The highest BCUT2D eigenvalue weighted by atomic mass is 32.1. The van der Waals surface area contributed by atoms with E-state index in [0.29, 0.717) is 11.1 Å². The Kier molecular flexibility index (Phi) is 5.22. The lowest BCUT2D eigenvalue weighted by molar-refractivity contribution is -0.140. The Labute approximate surface area is 177 Å². The molecule has 1 saturated heterocycles. The highest BCUT2D eigenvalue weighted by Crippen LogP contribution is 2.43. The number of carbonyl (C=O) groups is 2. The first-order valence-electron chi connectivity index (χ1n) is 9.36. The zero-order chi connectivity index (χ0) is 21.4. The maximum absolute atomic E-state index is 13.7. The van der Waals surface area contributed by atoms with Gasteiger partial charge in [0.25, 0.3) is 11.7 Å². The van der Waals surface area contributed by atoms with Crippen molar-refractivity contribution >= 4 is 28.8 Å². The third-order valence-electron chi connectivity index (χ3n) is 5.20. The number of amides is 1. The Bertz CT molecular complexity index is 1170. The van der Waals surface area contributed by atoms with Gasteiger partial charge in [0.15, 0.2) is 0 Å². The van der Waals surface area contributed by atoms with Crippen molar-refractivity contribution in [1.82, 2.24) is 9.88 Å². The number of aliphatic hydroxyl groups excluding tert-OH is 1.